The lowest BCUT2D eigenvalue weighted by Gasteiger charge is -2.01. The van der Waals surface area contributed by atoms with Crippen molar-refractivity contribution in [1.29, 1.82) is 0 Å². The Morgan fingerprint density at radius 2 is 2.54 bits per heavy atom. The molecule has 2 rings (SSSR count). The minimum Gasteiger partial charge on any atom is -0.273 e. The minimum atomic E-state index is -0.429. The van der Waals surface area contributed by atoms with E-state index in [1.165, 1.54) is 6.33 Å². The summed E-state index contributed by atoms with van der Waals surface area (Å²) in [6, 6.07) is 0. The van der Waals surface area contributed by atoms with Gasteiger partial charge in [-0.05, 0) is 12.3 Å². The van der Waals surface area contributed by atoms with Crippen molar-refractivity contribution in [2.45, 2.75) is 13.3 Å². The molecule has 1 aliphatic rings. The molecule has 6 nitrogen and oxygen atoms in total. The minimum absolute atomic E-state index is 0.0572. The van der Waals surface area contributed by atoms with Crippen LogP contribution in [0.1, 0.15) is 13.3 Å². The third-order valence-electron chi connectivity index (χ3n) is 2.23. The zero-order chi connectivity index (χ0) is 9.42. The SMILES string of the molecule is CC1CC1C(=O)Nn1cn[nH]c1=O. The van der Waals surface area contributed by atoms with Gasteiger partial charge in [-0.15, -0.1) is 0 Å². The Hall–Kier alpha value is -1.59. The van der Waals surface area contributed by atoms with Crippen LogP contribution in [0, 0.1) is 11.8 Å². The lowest BCUT2D eigenvalue weighted by Crippen LogP contribution is -2.32. The van der Waals surface area contributed by atoms with Gasteiger partial charge in [-0.2, -0.15) is 9.77 Å². The van der Waals surface area contributed by atoms with Crippen molar-refractivity contribution in [3.05, 3.63) is 16.8 Å². The third-order valence-corrected chi connectivity index (χ3v) is 2.23. The lowest BCUT2D eigenvalue weighted by molar-refractivity contribution is -0.118. The molecular weight excluding hydrogens is 172 g/mol. The molecule has 70 valence electrons. The van der Waals surface area contributed by atoms with Crippen LogP contribution < -0.4 is 11.1 Å². The number of carbonyl (C=O) groups is 1. The number of nitrogens with zero attached hydrogens (tertiary/aromatic N) is 2. The van der Waals surface area contributed by atoms with Crippen molar-refractivity contribution >= 4 is 5.91 Å². The van der Waals surface area contributed by atoms with Crippen LogP contribution in [0.15, 0.2) is 11.1 Å². The number of aromatic nitrogens is 3. The zero-order valence-corrected chi connectivity index (χ0v) is 7.15. The molecule has 1 aliphatic carbocycles. The summed E-state index contributed by atoms with van der Waals surface area (Å²) in [5.74, 6) is 0.375. The van der Waals surface area contributed by atoms with E-state index in [9.17, 15) is 9.59 Å². The van der Waals surface area contributed by atoms with Gasteiger partial charge < -0.3 is 0 Å². The molecule has 1 aromatic rings. The van der Waals surface area contributed by atoms with E-state index in [1.54, 1.807) is 0 Å². The normalized spacial score (nSPS) is 25.6. The van der Waals surface area contributed by atoms with Gasteiger partial charge >= 0.3 is 5.69 Å². The van der Waals surface area contributed by atoms with E-state index >= 15 is 0 Å². The van der Waals surface area contributed by atoms with Crippen LogP contribution in [0.3, 0.4) is 0 Å². The summed E-state index contributed by atoms with van der Waals surface area (Å²) >= 11 is 0. The number of carbonyl (C=O) groups excluding carboxylic acids is 1. The molecule has 0 aromatic carbocycles. The number of hydrogen-bond acceptors (Lipinski definition) is 3. The number of amides is 1. The molecular formula is C7H10N4O2. The highest BCUT2D eigenvalue weighted by atomic mass is 16.2. The molecule has 6 heteroatoms. The molecule has 0 bridgehead atoms. The van der Waals surface area contributed by atoms with Crippen LogP contribution in [0.25, 0.3) is 0 Å². The Labute approximate surface area is 73.9 Å². The van der Waals surface area contributed by atoms with Gasteiger partial charge in [0, 0.05) is 5.92 Å². The fourth-order valence-corrected chi connectivity index (χ4v) is 1.22. The Kier molecular flexibility index (Phi) is 1.68. The summed E-state index contributed by atoms with van der Waals surface area (Å²) in [5.41, 5.74) is 2.03. The predicted molar refractivity (Wildman–Crippen MR) is 44.5 cm³/mol. The molecule has 1 fully saturated rings. The maximum Gasteiger partial charge on any atom is 0.362 e. The molecule has 0 radical (unpaired) electrons. The van der Waals surface area contributed by atoms with E-state index < -0.39 is 5.69 Å². The van der Waals surface area contributed by atoms with Crippen molar-refractivity contribution in [1.82, 2.24) is 14.9 Å². The highest BCUT2D eigenvalue weighted by molar-refractivity contribution is 5.88. The molecule has 1 aromatic heterocycles. The van der Waals surface area contributed by atoms with Gasteiger partial charge in [-0.25, -0.2) is 9.89 Å². The molecule has 2 unspecified atom stereocenters. The second kappa shape index (κ2) is 2.72. The highest BCUT2D eigenvalue weighted by Gasteiger charge is 2.39. The highest BCUT2D eigenvalue weighted by Crippen LogP contribution is 2.37. The largest absolute Gasteiger partial charge is 0.362 e. The van der Waals surface area contributed by atoms with Crippen molar-refractivity contribution in [3.63, 3.8) is 0 Å². The van der Waals surface area contributed by atoms with E-state index in [1.807, 2.05) is 6.92 Å². The standard InChI is InChI=1S/C7H10N4O2/c1-4-2-5(4)6(12)10-11-3-8-9-7(11)13/h3-5H,2H2,1H3,(H,9,13)(H,10,12). The van der Waals surface area contributed by atoms with Gasteiger partial charge in [-0.1, -0.05) is 6.92 Å². The Morgan fingerprint density at radius 1 is 1.85 bits per heavy atom. The smallest absolute Gasteiger partial charge is 0.273 e. The Morgan fingerprint density at radius 3 is 3.00 bits per heavy atom. The first-order valence-corrected chi connectivity index (χ1v) is 4.11. The summed E-state index contributed by atoms with van der Waals surface area (Å²) < 4.78 is 1.05. The fourth-order valence-electron chi connectivity index (χ4n) is 1.22. The molecule has 1 amide bonds. The predicted octanol–water partition coefficient (Wildman–Crippen LogP) is -0.703. The maximum atomic E-state index is 11.3. The summed E-state index contributed by atoms with van der Waals surface area (Å²) in [4.78, 5) is 22.2. The molecule has 0 spiro atoms. The van der Waals surface area contributed by atoms with Crippen LogP contribution >= 0.6 is 0 Å². The maximum absolute atomic E-state index is 11.3. The number of hydrogen-bond donors (Lipinski definition) is 2. The van der Waals surface area contributed by atoms with E-state index in [0.29, 0.717) is 5.92 Å². The molecule has 0 saturated heterocycles. The van der Waals surface area contributed by atoms with E-state index in [0.717, 1.165) is 11.1 Å². The Balaban J connectivity index is 2.03. The monoisotopic (exact) mass is 182 g/mol. The van der Waals surface area contributed by atoms with Gasteiger partial charge in [-0.3, -0.25) is 10.2 Å². The summed E-state index contributed by atoms with van der Waals surface area (Å²) in [5, 5.41) is 5.67. The molecule has 2 atom stereocenters. The zero-order valence-electron chi connectivity index (χ0n) is 7.15. The van der Waals surface area contributed by atoms with Gasteiger partial charge in [0.1, 0.15) is 6.33 Å². The average molecular weight is 182 g/mol. The first kappa shape index (κ1) is 8.03. The van der Waals surface area contributed by atoms with Crippen molar-refractivity contribution < 1.29 is 4.79 Å². The lowest BCUT2D eigenvalue weighted by atomic mass is 10.3. The summed E-state index contributed by atoms with van der Waals surface area (Å²) in [7, 11) is 0. The van der Waals surface area contributed by atoms with Gasteiger partial charge in [0.2, 0.25) is 5.91 Å². The fraction of sp³-hybridized carbons (Fsp3) is 0.571. The van der Waals surface area contributed by atoms with E-state index in [2.05, 4.69) is 15.6 Å². The molecule has 1 heterocycles. The molecule has 0 aliphatic heterocycles. The summed E-state index contributed by atoms with van der Waals surface area (Å²) in [6.45, 7) is 2.00. The van der Waals surface area contributed by atoms with E-state index in [4.69, 9.17) is 0 Å². The van der Waals surface area contributed by atoms with Crippen molar-refractivity contribution in [2.75, 3.05) is 5.43 Å². The second-order valence-electron chi connectivity index (χ2n) is 3.33. The number of aromatic amines is 1. The third kappa shape index (κ3) is 1.47. The topological polar surface area (TPSA) is 79.8 Å². The van der Waals surface area contributed by atoms with Gasteiger partial charge in [0.25, 0.3) is 0 Å². The van der Waals surface area contributed by atoms with Crippen molar-refractivity contribution in [2.24, 2.45) is 11.8 Å². The number of rotatable bonds is 2. The first-order chi connectivity index (χ1) is 6.18. The van der Waals surface area contributed by atoms with Gasteiger partial charge in [0.05, 0.1) is 0 Å². The van der Waals surface area contributed by atoms with Gasteiger partial charge in [0.15, 0.2) is 0 Å². The Bertz CT molecular complexity index is 380. The first-order valence-electron chi connectivity index (χ1n) is 4.11. The molecule has 1 saturated carbocycles. The number of H-pyrrole nitrogens is 1. The molecule has 2 N–H and O–H groups in total. The van der Waals surface area contributed by atoms with E-state index in [-0.39, 0.29) is 11.8 Å². The van der Waals surface area contributed by atoms with Crippen LogP contribution in [-0.2, 0) is 4.79 Å². The van der Waals surface area contributed by atoms with Crippen LogP contribution in [0.2, 0.25) is 0 Å². The molecule has 13 heavy (non-hydrogen) atoms. The quantitative estimate of drug-likeness (QED) is 0.634. The van der Waals surface area contributed by atoms with Crippen LogP contribution in [0.5, 0.6) is 0 Å². The summed E-state index contributed by atoms with van der Waals surface area (Å²) in [6.07, 6.45) is 2.14. The average Bonchev–Trinajstić information content (AvgIpc) is 2.68. The second-order valence-corrected chi connectivity index (χ2v) is 3.33. The van der Waals surface area contributed by atoms with Crippen molar-refractivity contribution in [3.8, 4) is 0 Å². The van der Waals surface area contributed by atoms with Crippen LogP contribution in [-0.4, -0.2) is 20.8 Å². The van der Waals surface area contributed by atoms with Crippen LogP contribution in [0.4, 0.5) is 0 Å². The number of nitrogens with one attached hydrogen (secondary N) is 2.